The predicted molar refractivity (Wildman–Crippen MR) is 98.9 cm³/mol. The lowest BCUT2D eigenvalue weighted by Crippen LogP contribution is -2.20. The van der Waals surface area contributed by atoms with Crippen molar-refractivity contribution in [3.63, 3.8) is 0 Å². The minimum Gasteiger partial charge on any atom is -0.426 e. The van der Waals surface area contributed by atoms with Crippen molar-refractivity contribution in [3.8, 4) is 5.75 Å². The minimum absolute atomic E-state index is 0.0979. The largest absolute Gasteiger partial charge is 0.426 e. The second-order valence-corrected chi connectivity index (χ2v) is 6.26. The Bertz CT molecular complexity index is 955. The maximum atomic E-state index is 12.4. The molecule has 0 saturated carbocycles. The molecule has 0 radical (unpaired) electrons. The van der Waals surface area contributed by atoms with Gasteiger partial charge in [0.25, 0.3) is 0 Å². The van der Waals surface area contributed by atoms with Gasteiger partial charge in [0.2, 0.25) is 0 Å². The van der Waals surface area contributed by atoms with Crippen molar-refractivity contribution in [2.24, 2.45) is 5.92 Å². The Balaban J connectivity index is 1.92. The Morgan fingerprint density at radius 2 is 1.84 bits per heavy atom. The fraction of sp³-hybridized carbons (Fsp3) is 0.333. The van der Waals surface area contributed by atoms with Crippen molar-refractivity contribution < 1.29 is 13.9 Å². The normalized spacial score (nSPS) is 12.4. The first kappa shape index (κ1) is 17.2. The summed E-state index contributed by atoms with van der Waals surface area (Å²) in [6.07, 6.45) is 3.65. The van der Waals surface area contributed by atoms with E-state index in [0.717, 1.165) is 36.5 Å². The van der Waals surface area contributed by atoms with E-state index in [-0.39, 0.29) is 17.5 Å². The van der Waals surface area contributed by atoms with Crippen molar-refractivity contribution in [3.05, 3.63) is 52.9 Å². The van der Waals surface area contributed by atoms with Crippen LogP contribution in [-0.4, -0.2) is 5.97 Å². The standard InChI is InChI=1S/C21H22O4/c1-3-5-8-14(4-2)20(22)24-15-11-12-17-16-9-6-7-10-18(16)21(23)25-19(17)13-15/h6-7,9-14H,3-5,8H2,1-2H3/t14-/m1/s1. The number of hydrogen-bond acceptors (Lipinski definition) is 4. The molecule has 0 fully saturated rings. The summed E-state index contributed by atoms with van der Waals surface area (Å²) in [5.41, 5.74) is 0.0385. The molecule has 0 aliphatic heterocycles. The van der Waals surface area contributed by atoms with Gasteiger partial charge in [-0.15, -0.1) is 0 Å². The maximum absolute atomic E-state index is 12.4. The van der Waals surface area contributed by atoms with Crippen LogP contribution in [0.1, 0.15) is 39.5 Å². The van der Waals surface area contributed by atoms with Gasteiger partial charge in [-0.05, 0) is 36.4 Å². The van der Waals surface area contributed by atoms with E-state index in [2.05, 4.69) is 6.92 Å². The van der Waals surface area contributed by atoms with Crippen LogP contribution in [0.4, 0.5) is 0 Å². The molecule has 1 atom stereocenters. The number of unbranched alkanes of at least 4 members (excludes halogenated alkanes) is 1. The average molecular weight is 338 g/mol. The zero-order valence-electron chi connectivity index (χ0n) is 14.6. The number of hydrogen-bond donors (Lipinski definition) is 0. The molecule has 1 heterocycles. The topological polar surface area (TPSA) is 56.5 Å². The molecule has 0 N–H and O–H groups in total. The first-order valence-corrected chi connectivity index (χ1v) is 8.81. The van der Waals surface area contributed by atoms with E-state index in [9.17, 15) is 9.59 Å². The molecule has 3 aromatic rings. The Labute approximate surface area is 146 Å². The van der Waals surface area contributed by atoms with E-state index in [4.69, 9.17) is 9.15 Å². The fourth-order valence-electron chi connectivity index (χ4n) is 3.06. The highest BCUT2D eigenvalue weighted by Crippen LogP contribution is 2.27. The molecule has 0 spiro atoms. The summed E-state index contributed by atoms with van der Waals surface area (Å²) in [7, 11) is 0. The van der Waals surface area contributed by atoms with Gasteiger partial charge in [0, 0.05) is 11.5 Å². The Morgan fingerprint density at radius 1 is 1.08 bits per heavy atom. The summed E-state index contributed by atoms with van der Waals surface area (Å²) >= 11 is 0. The molecule has 130 valence electrons. The fourth-order valence-corrected chi connectivity index (χ4v) is 3.06. The van der Waals surface area contributed by atoms with Gasteiger partial charge >= 0.3 is 11.6 Å². The molecule has 0 amide bonds. The van der Waals surface area contributed by atoms with E-state index in [1.165, 1.54) is 0 Å². The molecular formula is C21H22O4. The Morgan fingerprint density at radius 3 is 2.56 bits per heavy atom. The maximum Gasteiger partial charge on any atom is 0.344 e. The van der Waals surface area contributed by atoms with E-state index < -0.39 is 0 Å². The monoisotopic (exact) mass is 338 g/mol. The van der Waals surface area contributed by atoms with Gasteiger partial charge in [-0.2, -0.15) is 0 Å². The number of carbonyl (C=O) groups excluding carboxylic acids is 1. The number of fused-ring (bicyclic) bond motifs is 3. The first-order chi connectivity index (χ1) is 12.1. The first-order valence-electron chi connectivity index (χ1n) is 8.81. The Kier molecular flexibility index (Phi) is 5.17. The van der Waals surface area contributed by atoms with Crippen LogP contribution in [0.2, 0.25) is 0 Å². The minimum atomic E-state index is -0.388. The van der Waals surface area contributed by atoms with Gasteiger partial charge in [-0.25, -0.2) is 4.79 Å². The van der Waals surface area contributed by atoms with Gasteiger partial charge in [-0.1, -0.05) is 44.9 Å². The van der Waals surface area contributed by atoms with Gasteiger partial charge in [0.1, 0.15) is 11.3 Å². The highest BCUT2D eigenvalue weighted by Gasteiger charge is 2.18. The van der Waals surface area contributed by atoms with Crippen LogP contribution in [0.5, 0.6) is 5.75 Å². The van der Waals surface area contributed by atoms with Gasteiger partial charge in [0.15, 0.2) is 0 Å². The molecule has 1 aromatic heterocycles. The van der Waals surface area contributed by atoms with Crippen LogP contribution in [-0.2, 0) is 4.79 Å². The third-order valence-electron chi connectivity index (χ3n) is 4.54. The molecule has 25 heavy (non-hydrogen) atoms. The summed E-state index contributed by atoms with van der Waals surface area (Å²) in [5, 5.41) is 2.21. The number of benzene rings is 2. The lowest BCUT2D eigenvalue weighted by molar-refractivity contribution is -0.139. The number of esters is 1. The molecule has 3 rings (SSSR count). The highest BCUT2D eigenvalue weighted by molar-refractivity contribution is 6.04. The molecule has 0 aliphatic rings. The third kappa shape index (κ3) is 3.58. The predicted octanol–water partition coefficient (Wildman–Crippen LogP) is 5.07. The molecule has 0 saturated heterocycles. The molecule has 0 bridgehead atoms. The molecule has 2 aromatic carbocycles. The van der Waals surface area contributed by atoms with Crippen LogP contribution in [0.15, 0.2) is 51.7 Å². The molecule has 0 aliphatic carbocycles. The van der Waals surface area contributed by atoms with Gasteiger partial charge < -0.3 is 9.15 Å². The van der Waals surface area contributed by atoms with Crippen molar-refractivity contribution in [2.45, 2.75) is 39.5 Å². The SMILES string of the molecule is CCCC[C@@H](CC)C(=O)Oc1ccc2c(c1)oc(=O)c1ccccc12. The second kappa shape index (κ2) is 7.51. The smallest absolute Gasteiger partial charge is 0.344 e. The quantitative estimate of drug-likeness (QED) is 0.272. The Hall–Kier alpha value is -2.62. The van der Waals surface area contributed by atoms with Crippen molar-refractivity contribution >= 4 is 27.7 Å². The molecular weight excluding hydrogens is 316 g/mol. The number of ether oxygens (including phenoxy) is 1. The van der Waals surface area contributed by atoms with Crippen molar-refractivity contribution in [1.29, 1.82) is 0 Å². The number of carbonyl (C=O) groups is 1. The zero-order chi connectivity index (χ0) is 17.8. The number of rotatable bonds is 6. The van der Waals surface area contributed by atoms with Gasteiger partial charge in [-0.3, -0.25) is 4.79 Å². The highest BCUT2D eigenvalue weighted by atomic mass is 16.5. The molecule has 4 nitrogen and oxygen atoms in total. The molecule has 0 unspecified atom stereocenters. The summed E-state index contributed by atoms with van der Waals surface area (Å²) in [5.74, 6) is 0.0866. The average Bonchev–Trinajstić information content (AvgIpc) is 2.62. The van der Waals surface area contributed by atoms with Crippen LogP contribution in [0.25, 0.3) is 21.7 Å². The van der Waals surface area contributed by atoms with E-state index in [0.29, 0.717) is 16.7 Å². The lowest BCUT2D eigenvalue weighted by atomic mass is 10.00. The van der Waals surface area contributed by atoms with Crippen LogP contribution < -0.4 is 10.4 Å². The summed E-state index contributed by atoms with van der Waals surface area (Å²) in [6, 6.07) is 12.5. The third-order valence-corrected chi connectivity index (χ3v) is 4.54. The van der Waals surface area contributed by atoms with Crippen molar-refractivity contribution in [2.75, 3.05) is 0 Å². The zero-order valence-corrected chi connectivity index (χ0v) is 14.6. The van der Waals surface area contributed by atoms with Crippen LogP contribution >= 0.6 is 0 Å². The summed E-state index contributed by atoms with van der Waals surface area (Å²) in [6.45, 7) is 4.10. The summed E-state index contributed by atoms with van der Waals surface area (Å²) in [4.78, 5) is 24.5. The second-order valence-electron chi connectivity index (χ2n) is 6.26. The van der Waals surface area contributed by atoms with Crippen LogP contribution in [0, 0.1) is 5.92 Å². The van der Waals surface area contributed by atoms with Crippen molar-refractivity contribution in [1.82, 2.24) is 0 Å². The van der Waals surface area contributed by atoms with E-state index >= 15 is 0 Å². The van der Waals surface area contributed by atoms with E-state index in [1.54, 1.807) is 18.2 Å². The van der Waals surface area contributed by atoms with E-state index in [1.807, 2.05) is 31.2 Å². The lowest BCUT2D eigenvalue weighted by Gasteiger charge is -2.13. The van der Waals surface area contributed by atoms with Gasteiger partial charge in [0.05, 0.1) is 11.3 Å². The molecule has 4 heteroatoms. The van der Waals surface area contributed by atoms with Crippen LogP contribution in [0.3, 0.4) is 0 Å². The summed E-state index contributed by atoms with van der Waals surface area (Å²) < 4.78 is 10.9.